The van der Waals surface area contributed by atoms with Crippen LogP contribution < -0.4 is 5.32 Å². The SMILES string of the molecule is Oc1ccc2c(c1)CCCC2C1=NCCN1. The lowest BCUT2D eigenvalue weighted by atomic mass is 9.82. The van der Waals surface area contributed by atoms with Crippen molar-refractivity contribution in [2.45, 2.75) is 25.2 Å². The number of aliphatic imine (C=N–C) groups is 1. The summed E-state index contributed by atoms with van der Waals surface area (Å²) in [5.41, 5.74) is 2.63. The normalized spacial score (nSPS) is 23.5. The van der Waals surface area contributed by atoms with Gasteiger partial charge < -0.3 is 10.4 Å². The molecule has 0 saturated heterocycles. The van der Waals surface area contributed by atoms with E-state index in [4.69, 9.17) is 0 Å². The smallest absolute Gasteiger partial charge is 0.115 e. The molecule has 2 N–H and O–H groups in total. The first-order valence-corrected chi connectivity index (χ1v) is 5.94. The first-order valence-electron chi connectivity index (χ1n) is 5.94. The number of hydrogen-bond acceptors (Lipinski definition) is 3. The van der Waals surface area contributed by atoms with Crippen LogP contribution in [-0.2, 0) is 6.42 Å². The molecule has 3 heteroatoms. The Kier molecular flexibility index (Phi) is 2.31. The molecule has 0 radical (unpaired) electrons. The molecule has 0 spiro atoms. The van der Waals surface area contributed by atoms with Gasteiger partial charge >= 0.3 is 0 Å². The van der Waals surface area contributed by atoms with E-state index in [-0.39, 0.29) is 0 Å². The summed E-state index contributed by atoms with van der Waals surface area (Å²) < 4.78 is 0. The first kappa shape index (κ1) is 9.70. The van der Waals surface area contributed by atoms with Crippen molar-refractivity contribution in [2.24, 2.45) is 4.99 Å². The largest absolute Gasteiger partial charge is 0.508 e. The Bertz CT molecular complexity index is 440. The number of phenols is 1. The van der Waals surface area contributed by atoms with E-state index in [1.54, 1.807) is 6.07 Å². The van der Waals surface area contributed by atoms with Crippen LogP contribution in [0.3, 0.4) is 0 Å². The zero-order valence-electron chi connectivity index (χ0n) is 9.24. The van der Waals surface area contributed by atoms with Crippen LogP contribution in [0.15, 0.2) is 23.2 Å². The second kappa shape index (κ2) is 3.81. The number of aryl methyl sites for hydroxylation is 1. The highest BCUT2D eigenvalue weighted by atomic mass is 16.3. The van der Waals surface area contributed by atoms with Crippen LogP contribution in [-0.4, -0.2) is 24.0 Å². The lowest BCUT2D eigenvalue weighted by Gasteiger charge is -2.25. The molecule has 3 rings (SSSR count). The van der Waals surface area contributed by atoms with Gasteiger partial charge in [-0.2, -0.15) is 0 Å². The van der Waals surface area contributed by atoms with Gasteiger partial charge in [0.2, 0.25) is 0 Å². The fraction of sp³-hybridized carbons (Fsp3) is 0.462. The molecule has 1 heterocycles. The molecule has 0 bridgehead atoms. The fourth-order valence-corrected chi connectivity index (χ4v) is 2.73. The van der Waals surface area contributed by atoms with Gasteiger partial charge in [-0.3, -0.25) is 4.99 Å². The Hall–Kier alpha value is -1.51. The molecule has 0 amide bonds. The van der Waals surface area contributed by atoms with Gasteiger partial charge in [-0.05, 0) is 42.5 Å². The van der Waals surface area contributed by atoms with Crippen molar-refractivity contribution in [3.63, 3.8) is 0 Å². The lowest BCUT2D eigenvalue weighted by Crippen LogP contribution is -2.28. The van der Waals surface area contributed by atoms with Crippen LogP contribution in [0.4, 0.5) is 0 Å². The summed E-state index contributed by atoms with van der Waals surface area (Å²) in [5.74, 6) is 1.94. The molecule has 1 atom stereocenters. The van der Waals surface area contributed by atoms with Crippen LogP contribution >= 0.6 is 0 Å². The number of aromatic hydroxyl groups is 1. The van der Waals surface area contributed by atoms with Crippen molar-refractivity contribution >= 4 is 5.84 Å². The molecule has 1 aromatic carbocycles. The van der Waals surface area contributed by atoms with Gasteiger partial charge in [0.05, 0.1) is 6.54 Å². The minimum absolute atomic E-state index is 0.376. The number of nitrogens with one attached hydrogen (secondary N) is 1. The Morgan fingerprint density at radius 1 is 1.38 bits per heavy atom. The molecular formula is C13H16N2O. The topological polar surface area (TPSA) is 44.6 Å². The van der Waals surface area contributed by atoms with Gasteiger partial charge in [-0.1, -0.05) is 6.07 Å². The van der Waals surface area contributed by atoms with E-state index in [0.717, 1.165) is 25.3 Å². The Labute approximate surface area is 95.2 Å². The second-order valence-electron chi connectivity index (χ2n) is 4.52. The van der Waals surface area contributed by atoms with Crippen LogP contribution in [0.25, 0.3) is 0 Å². The second-order valence-corrected chi connectivity index (χ2v) is 4.52. The highest BCUT2D eigenvalue weighted by Gasteiger charge is 2.26. The van der Waals surface area contributed by atoms with Crippen molar-refractivity contribution in [1.29, 1.82) is 0 Å². The highest BCUT2D eigenvalue weighted by Crippen LogP contribution is 2.34. The Morgan fingerprint density at radius 2 is 2.31 bits per heavy atom. The molecule has 0 aromatic heterocycles. The zero-order valence-corrected chi connectivity index (χ0v) is 9.24. The van der Waals surface area contributed by atoms with Crippen LogP contribution in [0.5, 0.6) is 5.75 Å². The van der Waals surface area contributed by atoms with Crippen LogP contribution in [0.2, 0.25) is 0 Å². The van der Waals surface area contributed by atoms with Crippen LogP contribution in [0, 0.1) is 0 Å². The molecule has 0 fully saturated rings. The summed E-state index contributed by atoms with van der Waals surface area (Å²) in [6.07, 6.45) is 3.43. The van der Waals surface area contributed by atoms with E-state index in [9.17, 15) is 5.11 Å². The maximum Gasteiger partial charge on any atom is 0.115 e. The summed E-state index contributed by atoms with van der Waals surface area (Å²) in [6.45, 7) is 1.87. The van der Waals surface area contributed by atoms with Gasteiger partial charge in [-0.15, -0.1) is 0 Å². The number of phenolic OH excluding ortho intramolecular Hbond substituents is 1. The average molecular weight is 216 g/mol. The standard InChI is InChI=1S/C13H16N2O/c16-10-4-5-11-9(8-10)2-1-3-12(11)13-14-6-7-15-13/h4-5,8,12,16H,1-3,6-7H2,(H,14,15). The van der Waals surface area contributed by atoms with E-state index in [0.29, 0.717) is 11.7 Å². The zero-order chi connectivity index (χ0) is 11.0. The molecule has 1 aliphatic carbocycles. The van der Waals surface area contributed by atoms with Crippen LogP contribution in [0.1, 0.15) is 29.9 Å². The average Bonchev–Trinajstić information content (AvgIpc) is 2.81. The third-order valence-corrected chi connectivity index (χ3v) is 3.47. The fourth-order valence-electron chi connectivity index (χ4n) is 2.73. The molecule has 16 heavy (non-hydrogen) atoms. The predicted molar refractivity (Wildman–Crippen MR) is 64.1 cm³/mol. The molecule has 1 unspecified atom stereocenters. The van der Waals surface area contributed by atoms with E-state index in [1.165, 1.54) is 24.0 Å². The van der Waals surface area contributed by atoms with E-state index in [1.807, 2.05) is 6.07 Å². The van der Waals surface area contributed by atoms with Gasteiger partial charge in [0.1, 0.15) is 11.6 Å². The van der Waals surface area contributed by atoms with Gasteiger partial charge in [-0.25, -0.2) is 0 Å². The number of rotatable bonds is 1. The lowest BCUT2D eigenvalue weighted by molar-refractivity contribution is 0.473. The number of benzene rings is 1. The maximum atomic E-state index is 9.49. The molecule has 1 aliphatic heterocycles. The van der Waals surface area contributed by atoms with Crippen molar-refractivity contribution < 1.29 is 5.11 Å². The van der Waals surface area contributed by atoms with E-state index >= 15 is 0 Å². The monoisotopic (exact) mass is 216 g/mol. The van der Waals surface area contributed by atoms with E-state index < -0.39 is 0 Å². The Balaban J connectivity index is 1.99. The summed E-state index contributed by atoms with van der Waals surface area (Å²) >= 11 is 0. The Morgan fingerprint density at radius 3 is 3.12 bits per heavy atom. The minimum Gasteiger partial charge on any atom is -0.508 e. The van der Waals surface area contributed by atoms with Crippen molar-refractivity contribution in [1.82, 2.24) is 5.32 Å². The van der Waals surface area contributed by atoms with Crippen molar-refractivity contribution in [3.05, 3.63) is 29.3 Å². The van der Waals surface area contributed by atoms with Gasteiger partial charge in [0.25, 0.3) is 0 Å². The first-order chi connectivity index (χ1) is 7.84. The maximum absolute atomic E-state index is 9.49. The van der Waals surface area contributed by atoms with Gasteiger partial charge in [0, 0.05) is 12.5 Å². The number of nitrogens with zero attached hydrogens (tertiary/aromatic N) is 1. The van der Waals surface area contributed by atoms with E-state index in [2.05, 4.69) is 16.4 Å². The molecule has 2 aliphatic rings. The quantitative estimate of drug-likeness (QED) is 0.752. The summed E-state index contributed by atoms with van der Waals surface area (Å²) in [7, 11) is 0. The third kappa shape index (κ3) is 1.56. The number of fused-ring (bicyclic) bond motifs is 1. The summed E-state index contributed by atoms with van der Waals surface area (Å²) in [6, 6.07) is 5.74. The van der Waals surface area contributed by atoms with Gasteiger partial charge in [0.15, 0.2) is 0 Å². The predicted octanol–water partition coefficient (Wildman–Crippen LogP) is 1.81. The highest BCUT2D eigenvalue weighted by molar-refractivity contribution is 5.90. The summed E-state index contributed by atoms with van der Waals surface area (Å²) in [5, 5.41) is 12.9. The van der Waals surface area contributed by atoms with Crippen molar-refractivity contribution in [2.75, 3.05) is 13.1 Å². The molecular weight excluding hydrogens is 200 g/mol. The number of hydrogen-bond donors (Lipinski definition) is 2. The molecule has 3 nitrogen and oxygen atoms in total. The molecule has 84 valence electrons. The van der Waals surface area contributed by atoms with Crippen molar-refractivity contribution in [3.8, 4) is 5.75 Å². The minimum atomic E-state index is 0.376. The third-order valence-electron chi connectivity index (χ3n) is 3.47. The molecule has 1 aromatic rings. The molecule has 0 saturated carbocycles. The number of amidine groups is 1. The summed E-state index contributed by atoms with van der Waals surface area (Å²) in [4.78, 5) is 4.52.